The SMILES string of the molecule is COc1ccc(CCC2CCN(C(=O)CNC(=O)c3ccc(C)c(C)c3)CC2)cc1. The smallest absolute Gasteiger partial charge is 0.251 e. The highest BCUT2D eigenvalue weighted by Gasteiger charge is 2.23. The number of methoxy groups -OCH3 is 1. The van der Waals surface area contributed by atoms with Crippen molar-refractivity contribution in [3.63, 3.8) is 0 Å². The molecule has 160 valence electrons. The van der Waals surface area contributed by atoms with E-state index in [2.05, 4.69) is 17.4 Å². The molecule has 1 saturated heterocycles. The van der Waals surface area contributed by atoms with Crippen molar-refractivity contribution >= 4 is 11.8 Å². The topological polar surface area (TPSA) is 58.6 Å². The van der Waals surface area contributed by atoms with Gasteiger partial charge in [-0.25, -0.2) is 0 Å². The fourth-order valence-electron chi connectivity index (χ4n) is 3.89. The molecule has 2 aromatic carbocycles. The number of hydrogen-bond donors (Lipinski definition) is 1. The minimum absolute atomic E-state index is 0.000730. The van der Waals surface area contributed by atoms with Crippen molar-refractivity contribution in [2.45, 2.75) is 39.5 Å². The number of rotatable bonds is 7. The second-order valence-electron chi connectivity index (χ2n) is 8.19. The summed E-state index contributed by atoms with van der Waals surface area (Å²) in [4.78, 5) is 26.7. The third kappa shape index (κ3) is 5.85. The van der Waals surface area contributed by atoms with E-state index in [9.17, 15) is 9.59 Å². The van der Waals surface area contributed by atoms with E-state index in [1.165, 1.54) is 5.56 Å². The molecule has 5 heteroatoms. The number of hydrogen-bond acceptors (Lipinski definition) is 3. The van der Waals surface area contributed by atoms with Crippen LogP contribution in [-0.4, -0.2) is 43.5 Å². The first-order chi connectivity index (χ1) is 14.5. The number of ether oxygens (including phenoxy) is 1. The number of nitrogens with one attached hydrogen (secondary N) is 1. The minimum Gasteiger partial charge on any atom is -0.497 e. The van der Waals surface area contributed by atoms with Gasteiger partial charge in [0.15, 0.2) is 0 Å². The Morgan fingerprint density at radius 3 is 2.37 bits per heavy atom. The average molecular weight is 409 g/mol. The van der Waals surface area contributed by atoms with Crippen molar-refractivity contribution in [1.29, 1.82) is 0 Å². The molecule has 0 aromatic heterocycles. The van der Waals surface area contributed by atoms with Crippen LogP contribution >= 0.6 is 0 Å². The van der Waals surface area contributed by atoms with Gasteiger partial charge in [0.2, 0.25) is 5.91 Å². The van der Waals surface area contributed by atoms with Crippen LogP contribution in [0.4, 0.5) is 0 Å². The zero-order valence-electron chi connectivity index (χ0n) is 18.2. The summed E-state index contributed by atoms with van der Waals surface area (Å²) in [5.41, 5.74) is 4.15. The lowest BCUT2D eigenvalue weighted by Gasteiger charge is -2.32. The van der Waals surface area contributed by atoms with Crippen LogP contribution in [0.25, 0.3) is 0 Å². The van der Waals surface area contributed by atoms with Crippen molar-refractivity contribution in [2.75, 3.05) is 26.7 Å². The van der Waals surface area contributed by atoms with Crippen molar-refractivity contribution in [3.05, 3.63) is 64.7 Å². The van der Waals surface area contributed by atoms with Crippen molar-refractivity contribution in [1.82, 2.24) is 10.2 Å². The van der Waals surface area contributed by atoms with E-state index in [0.717, 1.165) is 55.6 Å². The van der Waals surface area contributed by atoms with Crippen molar-refractivity contribution in [3.8, 4) is 5.75 Å². The summed E-state index contributed by atoms with van der Waals surface area (Å²) in [5.74, 6) is 1.33. The molecule has 0 saturated carbocycles. The van der Waals surface area contributed by atoms with Crippen LogP contribution < -0.4 is 10.1 Å². The standard InChI is InChI=1S/C25H32N2O3/c1-18-4-9-22(16-19(18)2)25(29)26-17-24(28)27-14-12-21(13-15-27)6-5-20-7-10-23(30-3)11-8-20/h4,7-11,16,21H,5-6,12-15,17H2,1-3H3,(H,26,29). The largest absolute Gasteiger partial charge is 0.497 e. The number of piperidine rings is 1. The van der Waals surface area contributed by atoms with E-state index in [0.29, 0.717) is 11.5 Å². The third-order valence-electron chi connectivity index (χ3n) is 6.14. The maximum Gasteiger partial charge on any atom is 0.251 e. The van der Waals surface area contributed by atoms with Gasteiger partial charge in [-0.1, -0.05) is 18.2 Å². The third-order valence-corrected chi connectivity index (χ3v) is 6.14. The highest BCUT2D eigenvalue weighted by Crippen LogP contribution is 2.23. The second kappa shape index (κ2) is 10.3. The zero-order valence-corrected chi connectivity index (χ0v) is 18.2. The first-order valence-electron chi connectivity index (χ1n) is 10.7. The number of likely N-dealkylation sites (tertiary alicyclic amines) is 1. The molecule has 1 heterocycles. The van der Waals surface area contributed by atoms with Gasteiger partial charge in [0.1, 0.15) is 5.75 Å². The lowest BCUT2D eigenvalue weighted by atomic mass is 9.90. The molecule has 0 spiro atoms. The number of carbonyl (C=O) groups excluding carboxylic acids is 2. The first-order valence-corrected chi connectivity index (χ1v) is 10.7. The number of carbonyl (C=O) groups is 2. The molecule has 1 aliphatic rings. The molecule has 2 aromatic rings. The van der Waals surface area contributed by atoms with Gasteiger partial charge in [-0.05, 0) is 86.4 Å². The number of nitrogens with zero attached hydrogens (tertiary/aromatic N) is 1. The van der Waals surface area contributed by atoms with Crippen LogP contribution in [0.5, 0.6) is 5.75 Å². The Balaban J connectivity index is 1.39. The van der Waals surface area contributed by atoms with Crippen molar-refractivity contribution in [2.24, 2.45) is 5.92 Å². The molecule has 1 N–H and O–H groups in total. The summed E-state index contributed by atoms with van der Waals surface area (Å²) in [6.07, 6.45) is 4.23. The Morgan fingerprint density at radius 1 is 1.03 bits per heavy atom. The van der Waals surface area contributed by atoms with E-state index >= 15 is 0 Å². The predicted molar refractivity (Wildman–Crippen MR) is 119 cm³/mol. The second-order valence-corrected chi connectivity index (χ2v) is 8.19. The van der Waals surface area contributed by atoms with Gasteiger partial charge in [-0.3, -0.25) is 9.59 Å². The monoisotopic (exact) mass is 408 g/mol. The van der Waals surface area contributed by atoms with Crippen LogP contribution in [-0.2, 0) is 11.2 Å². The summed E-state index contributed by atoms with van der Waals surface area (Å²) < 4.78 is 5.20. The van der Waals surface area contributed by atoms with Gasteiger partial charge in [-0.2, -0.15) is 0 Å². The van der Waals surface area contributed by atoms with Gasteiger partial charge < -0.3 is 15.0 Å². The van der Waals surface area contributed by atoms with Gasteiger partial charge in [0.25, 0.3) is 5.91 Å². The summed E-state index contributed by atoms with van der Waals surface area (Å²) in [5, 5.41) is 2.77. The molecule has 3 rings (SSSR count). The number of benzene rings is 2. The molecule has 2 amide bonds. The number of amides is 2. The van der Waals surface area contributed by atoms with E-state index in [-0.39, 0.29) is 18.4 Å². The molecule has 0 atom stereocenters. The molecular formula is C25H32N2O3. The number of aryl methyl sites for hydroxylation is 3. The summed E-state index contributed by atoms with van der Waals surface area (Å²) in [6, 6.07) is 13.8. The zero-order chi connectivity index (χ0) is 21.5. The first kappa shape index (κ1) is 21.9. The van der Waals surface area contributed by atoms with Crippen molar-refractivity contribution < 1.29 is 14.3 Å². The van der Waals surface area contributed by atoms with Crippen LogP contribution in [0.3, 0.4) is 0 Å². The maximum atomic E-state index is 12.5. The highest BCUT2D eigenvalue weighted by molar-refractivity contribution is 5.96. The Morgan fingerprint density at radius 2 is 1.73 bits per heavy atom. The van der Waals surface area contributed by atoms with E-state index in [1.54, 1.807) is 13.2 Å². The highest BCUT2D eigenvalue weighted by atomic mass is 16.5. The lowest BCUT2D eigenvalue weighted by molar-refractivity contribution is -0.131. The summed E-state index contributed by atoms with van der Waals surface area (Å²) in [7, 11) is 1.68. The molecule has 0 aliphatic carbocycles. The molecule has 0 radical (unpaired) electrons. The van der Waals surface area contributed by atoms with Gasteiger partial charge >= 0.3 is 0 Å². The molecule has 1 aliphatic heterocycles. The molecule has 1 fully saturated rings. The Bertz CT molecular complexity index is 868. The Kier molecular flexibility index (Phi) is 7.50. The van der Waals surface area contributed by atoms with Gasteiger partial charge in [-0.15, -0.1) is 0 Å². The van der Waals surface area contributed by atoms with Crippen LogP contribution in [0.1, 0.15) is 46.3 Å². The van der Waals surface area contributed by atoms with Crippen LogP contribution in [0.15, 0.2) is 42.5 Å². The molecule has 5 nitrogen and oxygen atoms in total. The fourth-order valence-corrected chi connectivity index (χ4v) is 3.89. The molecule has 0 bridgehead atoms. The van der Waals surface area contributed by atoms with E-state index in [1.807, 2.05) is 43.0 Å². The van der Waals surface area contributed by atoms with Crippen LogP contribution in [0.2, 0.25) is 0 Å². The van der Waals surface area contributed by atoms with Crippen LogP contribution in [0, 0.1) is 19.8 Å². The fraction of sp³-hybridized carbons (Fsp3) is 0.440. The average Bonchev–Trinajstić information content (AvgIpc) is 2.78. The Hall–Kier alpha value is -2.82. The molecule has 0 unspecified atom stereocenters. The normalized spacial score (nSPS) is 14.4. The predicted octanol–water partition coefficient (Wildman–Crippen LogP) is 3.91. The maximum absolute atomic E-state index is 12.5. The molecular weight excluding hydrogens is 376 g/mol. The van der Waals surface area contributed by atoms with E-state index < -0.39 is 0 Å². The van der Waals surface area contributed by atoms with E-state index in [4.69, 9.17) is 4.74 Å². The quantitative estimate of drug-likeness (QED) is 0.756. The lowest BCUT2D eigenvalue weighted by Crippen LogP contribution is -2.44. The van der Waals surface area contributed by atoms with Gasteiger partial charge in [0, 0.05) is 18.7 Å². The summed E-state index contributed by atoms with van der Waals surface area (Å²) in [6.45, 7) is 5.59. The summed E-state index contributed by atoms with van der Waals surface area (Å²) >= 11 is 0. The van der Waals surface area contributed by atoms with Gasteiger partial charge in [0.05, 0.1) is 13.7 Å². The minimum atomic E-state index is -0.194. The molecule has 30 heavy (non-hydrogen) atoms. The Labute approximate surface area is 179 Å².